The summed E-state index contributed by atoms with van der Waals surface area (Å²) in [7, 11) is -8.15. The standard InChI is InChI=1S/C71H106N10O14S2/c1-12-78(13-2)52-30-32-56-61(45-52)95-62-46-53(79(14-3)15-4)31-33-57(62)67(56)54-24-16-17-25-55(54)71(89)81-39-37-80(38-40-81)66(85)29-19-18-27-65(84)76-60(47-97(92,93)94)68(86)73-36-23-20-26-63(82)72-35-22-21-28-64(83)75-58(43-49(7)8)70(88)77-59(44-50(9)10)69(87)74-51(42-48(5)6)34-41-96(11,90)91/h16-17,24-25,30-34,41,45-46,48-51,58-60H,12-15,18-23,26-29,35-40,42-44,47H2,1-11H3,(H6-,72,73,74,75,76,77,82,83,84,86,87,88,92,93,94)/p+1/t51-,58+,59+,60+/m1/s1. The minimum Gasteiger partial charge on any atom is -0.456 e. The fourth-order valence-corrected chi connectivity index (χ4v) is 13.1. The van der Waals surface area contributed by atoms with E-state index in [-0.39, 0.29) is 86.6 Å². The fourth-order valence-electron chi connectivity index (χ4n) is 12.0. The molecule has 1 aliphatic carbocycles. The van der Waals surface area contributed by atoms with Crippen molar-refractivity contribution in [3.05, 3.63) is 83.1 Å². The Bertz CT molecular complexity index is 3630. The van der Waals surface area contributed by atoms with Gasteiger partial charge in [-0.2, -0.15) is 8.42 Å². The maximum atomic E-state index is 14.6. The lowest BCUT2D eigenvalue weighted by atomic mass is 9.90. The quantitative estimate of drug-likeness (QED) is 0.0104. The third-order valence-electron chi connectivity index (χ3n) is 17.0. The summed E-state index contributed by atoms with van der Waals surface area (Å²) in [6.45, 7) is 24.9. The predicted octanol–water partition coefficient (Wildman–Crippen LogP) is 6.80. The summed E-state index contributed by atoms with van der Waals surface area (Å²) in [4.78, 5) is 113. The van der Waals surface area contributed by atoms with Crippen LogP contribution in [0.2, 0.25) is 0 Å². The molecule has 8 amide bonds. The monoisotopic (exact) mass is 1390 g/mol. The summed E-state index contributed by atoms with van der Waals surface area (Å²) in [5.41, 5.74) is 4.84. The van der Waals surface area contributed by atoms with Gasteiger partial charge in [0.1, 0.15) is 48.3 Å². The van der Waals surface area contributed by atoms with E-state index in [2.05, 4.69) is 105 Å². The summed E-state index contributed by atoms with van der Waals surface area (Å²) in [6, 6.07) is 16.0. The van der Waals surface area contributed by atoms with Gasteiger partial charge in [-0.15, -0.1) is 0 Å². The molecule has 536 valence electrons. The van der Waals surface area contributed by atoms with Gasteiger partial charge in [0.05, 0.1) is 6.07 Å². The molecule has 2 heterocycles. The smallest absolute Gasteiger partial charge is 0.267 e. The molecule has 97 heavy (non-hydrogen) atoms. The van der Waals surface area contributed by atoms with Crippen molar-refractivity contribution in [1.82, 2.24) is 46.3 Å². The van der Waals surface area contributed by atoms with E-state index in [1.807, 2.05) is 65.8 Å². The number of amides is 8. The molecule has 1 saturated heterocycles. The molecular weight excluding hydrogens is 1280 g/mol. The number of carbonyl (C=O) groups excluding carboxylic acids is 8. The fraction of sp³-hybridized carbons (Fsp3) is 0.592. The van der Waals surface area contributed by atoms with E-state index < -0.39 is 73.5 Å². The Balaban J connectivity index is 1.02. The number of unbranched alkanes of at least 4 members (excludes halogenated alkanes) is 3. The van der Waals surface area contributed by atoms with Crippen LogP contribution in [-0.2, 0) is 53.5 Å². The van der Waals surface area contributed by atoms with E-state index >= 15 is 0 Å². The number of carbonyl (C=O) groups is 8. The number of anilines is 1. The van der Waals surface area contributed by atoms with E-state index in [9.17, 15) is 59.7 Å². The number of sulfone groups is 1. The van der Waals surface area contributed by atoms with Crippen LogP contribution in [0, 0.1) is 17.8 Å². The number of nitrogens with one attached hydrogen (secondary N) is 6. The number of rotatable bonds is 39. The zero-order valence-corrected chi connectivity index (χ0v) is 60.4. The molecule has 2 aromatic carbocycles. The van der Waals surface area contributed by atoms with E-state index in [1.165, 1.54) is 6.08 Å². The third-order valence-corrected chi connectivity index (χ3v) is 18.4. The van der Waals surface area contributed by atoms with Crippen LogP contribution in [0.3, 0.4) is 0 Å². The van der Waals surface area contributed by atoms with Crippen LogP contribution in [0.4, 0.5) is 5.69 Å². The van der Waals surface area contributed by atoms with Gasteiger partial charge in [0, 0.05) is 136 Å². The van der Waals surface area contributed by atoms with E-state index in [0.29, 0.717) is 94.5 Å². The van der Waals surface area contributed by atoms with Gasteiger partial charge in [0.15, 0.2) is 9.84 Å². The largest absolute Gasteiger partial charge is 0.456 e. The summed E-state index contributed by atoms with van der Waals surface area (Å²) in [5, 5.41) is 19.2. The number of nitrogens with zero attached hydrogens (tertiary/aromatic N) is 4. The topological polar surface area (TPSA) is 323 Å². The van der Waals surface area contributed by atoms with Gasteiger partial charge >= 0.3 is 0 Å². The van der Waals surface area contributed by atoms with Gasteiger partial charge in [0.25, 0.3) is 16.0 Å². The highest BCUT2D eigenvalue weighted by Gasteiger charge is 2.32. The first-order valence-corrected chi connectivity index (χ1v) is 38.1. The minimum atomic E-state index is -4.70. The van der Waals surface area contributed by atoms with Crippen molar-refractivity contribution >= 4 is 83.9 Å². The Morgan fingerprint density at radius 3 is 1.73 bits per heavy atom. The molecule has 0 bridgehead atoms. The lowest BCUT2D eigenvalue weighted by Crippen LogP contribution is -2.55. The van der Waals surface area contributed by atoms with Crippen LogP contribution in [0.15, 0.2) is 76.6 Å². The van der Waals surface area contributed by atoms with Crippen LogP contribution in [0.25, 0.3) is 33.4 Å². The summed E-state index contributed by atoms with van der Waals surface area (Å²) in [6.07, 6.45) is 5.85. The zero-order valence-electron chi connectivity index (χ0n) is 58.8. The van der Waals surface area contributed by atoms with Gasteiger partial charge in [-0.3, -0.25) is 42.9 Å². The number of hydrogen-bond acceptors (Lipinski definition) is 14. The lowest BCUT2D eigenvalue weighted by molar-refractivity contribution is -0.133. The normalized spacial score (nSPS) is 14.1. The Kier molecular flexibility index (Phi) is 32.2. The van der Waals surface area contributed by atoms with Crippen molar-refractivity contribution in [3.8, 4) is 22.5 Å². The SMILES string of the molecule is CCN(CC)c1ccc2c(-c3ccccc3C(=O)N3CCN(C(=O)CCCCC(=O)N[C@@H](CS(=O)(=O)O)C(=O)NCCCCC(=O)NCCCCC(=O)N[C@@H](CC(C)C)C(=O)N[C@@H](CC(C)C)C(=O)N[C@H](C=CS(C)(=O)=O)CC(C)C)CC3)c3ccc(=[N+](CC)CC)cc-3oc2c1. The van der Waals surface area contributed by atoms with Crippen molar-refractivity contribution in [3.63, 3.8) is 0 Å². The predicted molar refractivity (Wildman–Crippen MR) is 379 cm³/mol. The second-order valence-electron chi connectivity index (χ2n) is 26.4. The molecule has 2 aliphatic heterocycles. The summed E-state index contributed by atoms with van der Waals surface area (Å²) in [5.74, 6) is -3.60. The molecule has 24 nitrogen and oxygen atoms in total. The summed E-state index contributed by atoms with van der Waals surface area (Å²) >= 11 is 0. The highest BCUT2D eigenvalue weighted by molar-refractivity contribution is 7.93. The molecule has 7 N–H and O–H groups in total. The Hall–Kier alpha value is -7.71. The van der Waals surface area contributed by atoms with Crippen molar-refractivity contribution in [2.45, 2.75) is 177 Å². The van der Waals surface area contributed by atoms with Crippen LogP contribution in [-0.4, -0.2) is 180 Å². The van der Waals surface area contributed by atoms with Crippen molar-refractivity contribution in [2.75, 3.05) is 82.4 Å². The van der Waals surface area contributed by atoms with E-state index in [0.717, 1.165) is 71.0 Å². The van der Waals surface area contributed by atoms with Gasteiger partial charge in [0.2, 0.25) is 46.7 Å². The maximum Gasteiger partial charge on any atom is 0.267 e. The van der Waals surface area contributed by atoms with Gasteiger partial charge < -0.3 is 51.0 Å². The molecule has 26 heteroatoms. The first-order valence-electron chi connectivity index (χ1n) is 34.5. The molecule has 0 spiro atoms. The highest BCUT2D eigenvalue weighted by atomic mass is 32.2. The summed E-state index contributed by atoms with van der Waals surface area (Å²) < 4.78 is 66.1. The second-order valence-corrected chi connectivity index (χ2v) is 29.8. The molecule has 0 saturated carbocycles. The van der Waals surface area contributed by atoms with Crippen molar-refractivity contribution < 1.29 is 64.2 Å². The van der Waals surface area contributed by atoms with Crippen LogP contribution < -0.4 is 46.7 Å². The number of piperazine rings is 1. The molecular formula is C71H107N10O14S2+. The first kappa shape index (κ1) is 80.0. The lowest BCUT2D eigenvalue weighted by Gasteiger charge is -2.35. The molecule has 2 aromatic rings. The molecule has 5 rings (SSSR count). The molecule has 4 atom stereocenters. The maximum absolute atomic E-state index is 14.6. The second kappa shape index (κ2) is 39.0. The van der Waals surface area contributed by atoms with Crippen LogP contribution in [0.5, 0.6) is 0 Å². The number of fused-ring (bicyclic) bond motifs is 2. The molecule has 0 radical (unpaired) electrons. The van der Waals surface area contributed by atoms with E-state index in [4.69, 9.17) is 4.42 Å². The average Bonchev–Trinajstić information content (AvgIpc) is 0.745. The molecule has 0 unspecified atom stereocenters. The number of benzene rings is 3. The Labute approximate surface area is 574 Å². The Morgan fingerprint density at radius 2 is 1.14 bits per heavy atom. The van der Waals surface area contributed by atoms with E-state index in [1.54, 1.807) is 9.80 Å². The highest BCUT2D eigenvalue weighted by Crippen LogP contribution is 2.42. The molecule has 0 aromatic heterocycles. The first-order chi connectivity index (χ1) is 45.9. The Morgan fingerprint density at radius 1 is 0.598 bits per heavy atom. The van der Waals surface area contributed by atoms with Crippen molar-refractivity contribution in [2.24, 2.45) is 17.8 Å². The van der Waals surface area contributed by atoms with Crippen LogP contribution in [0.1, 0.15) is 163 Å². The van der Waals surface area contributed by atoms with Crippen LogP contribution >= 0.6 is 0 Å². The van der Waals surface area contributed by atoms with Crippen molar-refractivity contribution in [1.29, 1.82) is 0 Å². The zero-order chi connectivity index (χ0) is 71.6. The van der Waals surface area contributed by atoms with Gasteiger partial charge in [-0.05, 0) is 133 Å². The number of hydrogen-bond donors (Lipinski definition) is 7. The third kappa shape index (κ3) is 26.6. The molecule has 1 fully saturated rings. The average molecular weight is 1390 g/mol. The van der Waals surface area contributed by atoms with Gasteiger partial charge in [-0.1, -0.05) is 65.8 Å². The minimum absolute atomic E-state index is 0.0168. The molecule has 3 aliphatic rings. The van der Waals surface area contributed by atoms with Gasteiger partial charge in [-0.25, -0.2) is 13.0 Å².